The van der Waals surface area contributed by atoms with E-state index in [4.69, 9.17) is 4.74 Å². The second kappa shape index (κ2) is 5.19. The number of rotatable bonds is 3. The molecule has 1 aromatic carbocycles. The molecule has 2 nitrogen and oxygen atoms in total. The van der Waals surface area contributed by atoms with Crippen LogP contribution in [0.15, 0.2) is 45.5 Å². The predicted molar refractivity (Wildman–Crippen MR) is 77.5 cm³/mol. The normalized spacial score (nSPS) is 10.5. The molecule has 0 aliphatic heterocycles. The molecule has 0 spiro atoms. The van der Waals surface area contributed by atoms with Gasteiger partial charge in [0.25, 0.3) is 0 Å². The van der Waals surface area contributed by atoms with E-state index in [-0.39, 0.29) is 0 Å². The standard InChI is InChI=1S/C13H11Br2NO/c1-8(2)7-17-13-11(15)6-10(14)9-4-3-5-16-12(9)13/h3-6H,1,7H2,2H3. The third-order valence-corrected chi connectivity index (χ3v) is 3.46. The first-order chi connectivity index (χ1) is 8.09. The van der Waals surface area contributed by atoms with Crippen molar-refractivity contribution in [2.24, 2.45) is 0 Å². The lowest BCUT2D eigenvalue weighted by Gasteiger charge is -2.11. The minimum atomic E-state index is 0.492. The summed E-state index contributed by atoms with van der Waals surface area (Å²) in [5.41, 5.74) is 1.82. The van der Waals surface area contributed by atoms with E-state index in [1.165, 1.54) is 0 Å². The van der Waals surface area contributed by atoms with Crippen LogP contribution in [0.3, 0.4) is 0 Å². The second-order valence-corrected chi connectivity index (χ2v) is 5.52. The molecule has 0 unspecified atom stereocenters. The van der Waals surface area contributed by atoms with Gasteiger partial charge in [-0.05, 0) is 40.6 Å². The largest absolute Gasteiger partial charge is 0.486 e. The molecular weight excluding hydrogens is 346 g/mol. The third-order valence-electron chi connectivity index (χ3n) is 2.21. The van der Waals surface area contributed by atoms with Crippen molar-refractivity contribution in [1.29, 1.82) is 0 Å². The highest BCUT2D eigenvalue weighted by molar-refractivity contribution is 9.11. The van der Waals surface area contributed by atoms with Crippen molar-refractivity contribution >= 4 is 42.8 Å². The molecule has 17 heavy (non-hydrogen) atoms. The maximum Gasteiger partial charge on any atom is 0.160 e. The Morgan fingerprint density at radius 2 is 2.18 bits per heavy atom. The van der Waals surface area contributed by atoms with Crippen LogP contribution in [0.5, 0.6) is 5.75 Å². The zero-order valence-corrected chi connectivity index (χ0v) is 12.5. The van der Waals surface area contributed by atoms with Gasteiger partial charge < -0.3 is 4.74 Å². The molecule has 0 bridgehead atoms. The van der Waals surface area contributed by atoms with Gasteiger partial charge in [0.2, 0.25) is 0 Å². The number of hydrogen-bond acceptors (Lipinski definition) is 2. The van der Waals surface area contributed by atoms with E-state index >= 15 is 0 Å². The molecular formula is C13H11Br2NO. The number of fused-ring (bicyclic) bond motifs is 1. The van der Waals surface area contributed by atoms with Crippen LogP contribution < -0.4 is 4.74 Å². The van der Waals surface area contributed by atoms with E-state index in [9.17, 15) is 0 Å². The van der Waals surface area contributed by atoms with Gasteiger partial charge in [0.05, 0.1) is 4.47 Å². The molecule has 0 saturated heterocycles. The topological polar surface area (TPSA) is 22.1 Å². The Kier molecular flexibility index (Phi) is 3.84. The minimum absolute atomic E-state index is 0.492. The Labute approximate surface area is 117 Å². The third kappa shape index (κ3) is 2.69. The summed E-state index contributed by atoms with van der Waals surface area (Å²) in [6.45, 7) is 6.25. The van der Waals surface area contributed by atoms with Crippen LogP contribution in [0, 0.1) is 0 Å². The maximum atomic E-state index is 5.74. The number of hydrogen-bond donors (Lipinski definition) is 0. The zero-order chi connectivity index (χ0) is 12.4. The van der Waals surface area contributed by atoms with E-state index in [0.29, 0.717) is 6.61 Å². The van der Waals surface area contributed by atoms with Gasteiger partial charge in [-0.25, -0.2) is 0 Å². The van der Waals surface area contributed by atoms with Gasteiger partial charge >= 0.3 is 0 Å². The van der Waals surface area contributed by atoms with Crippen LogP contribution >= 0.6 is 31.9 Å². The number of ether oxygens (including phenoxy) is 1. The molecule has 2 rings (SSSR count). The summed E-state index contributed by atoms with van der Waals surface area (Å²) in [6.07, 6.45) is 1.76. The zero-order valence-electron chi connectivity index (χ0n) is 9.34. The Hall–Kier alpha value is -0.870. The highest BCUT2D eigenvalue weighted by Crippen LogP contribution is 2.37. The first-order valence-electron chi connectivity index (χ1n) is 5.09. The lowest BCUT2D eigenvalue weighted by atomic mass is 10.2. The lowest BCUT2D eigenvalue weighted by Crippen LogP contribution is -2.00. The Morgan fingerprint density at radius 1 is 1.41 bits per heavy atom. The molecule has 88 valence electrons. The van der Waals surface area contributed by atoms with Gasteiger partial charge in [-0.15, -0.1) is 0 Å². The molecule has 1 heterocycles. The molecule has 0 N–H and O–H groups in total. The van der Waals surface area contributed by atoms with Crippen molar-refractivity contribution in [3.05, 3.63) is 45.5 Å². The molecule has 4 heteroatoms. The lowest BCUT2D eigenvalue weighted by molar-refractivity contribution is 0.354. The summed E-state index contributed by atoms with van der Waals surface area (Å²) >= 11 is 7.01. The minimum Gasteiger partial charge on any atom is -0.486 e. The van der Waals surface area contributed by atoms with Crippen molar-refractivity contribution in [3.8, 4) is 5.75 Å². The molecule has 0 atom stereocenters. The Bertz CT molecular complexity index is 581. The molecule has 0 amide bonds. The number of pyridine rings is 1. The van der Waals surface area contributed by atoms with Gasteiger partial charge in [0, 0.05) is 16.1 Å². The fourth-order valence-corrected chi connectivity index (χ4v) is 2.87. The number of halogens is 2. The average molecular weight is 357 g/mol. The van der Waals surface area contributed by atoms with E-state index in [1.54, 1.807) is 6.20 Å². The molecule has 0 fully saturated rings. The molecule has 1 aromatic heterocycles. The van der Waals surface area contributed by atoms with Crippen molar-refractivity contribution < 1.29 is 4.74 Å². The van der Waals surface area contributed by atoms with Gasteiger partial charge in [-0.3, -0.25) is 4.98 Å². The molecule has 0 saturated carbocycles. The fraction of sp³-hybridized carbons (Fsp3) is 0.154. The van der Waals surface area contributed by atoms with Crippen LogP contribution in [-0.2, 0) is 0 Å². The second-order valence-electron chi connectivity index (χ2n) is 3.81. The maximum absolute atomic E-state index is 5.74. The van der Waals surface area contributed by atoms with Crippen molar-refractivity contribution in [2.75, 3.05) is 6.61 Å². The summed E-state index contributed by atoms with van der Waals surface area (Å²) in [7, 11) is 0. The first kappa shape index (κ1) is 12.6. The van der Waals surface area contributed by atoms with Crippen LogP contribution in [0.25, 0.3) is 10.9 Å². The number of aromatic nitrogens is 1. The monoisotopic (exact) mass is 355 g/mol. The van der Waals surface area contributed by atoms with Crippen molar-refractivity contribution in [1.82, 2.24) is 4.98 Å². The van der Waals surface area contributed by atoms with Gasteiger partial charge in [-0.2, -0.15) is 0 Å². The number of benzene rings is 1. The SMILES string of the molecule is C=C(C)COc1c(Br)cc(Br)c2cccnc12. The summed E-state index contributed by atoms with van der Waals surface area (Å²) in [6, 6.07) is 5.88. The Morgan fingerprint density at radius 3 is 2.88 bits per heavy atom. The number of nitrogens with zero attached hydrogens (tertiary/aromatic N) is 1. The van der Waals surface area contributed by atoms with E-state index in [1.807, 2.05) is 25.1 Å². The fourth-order valence-electron chi connectivity index (χ4n) is 1.48. The highest BCUT2D eigenvalue weighted by atomic mass is 79.9. The molecule has 2 aromatic rings. The van der Waals surface area contributed by atoms with Crippen LogP contribution in [0.4, 0.5) is 0 Å². The van der Waals surface area contributed by atoms with Crippen LogP contribution in [0.1, 0.15) is 6.92 Å². The predicted octanol–water partition coefficient (Wildman–Crippen LogP) is 4.71. The van der Waals surface area contributed by atoms with E-state index < -0.39 is 0 Å². The van der Waals surface area contributed by atoms with Crippen molar-refractivity contribution in [3.63, 3.8) is 0 Å². The molecule has 0 radical (unpaired) electrons. The van der Waals surface area contributed by atoms with Gasteiger partial charge in [-0.1, -0.05) is 28.6 Å². The van der Waals surface area contributed by atoms with Gasteiger partial charge in [0.1, 0.15) is 12.1 Å². The van der Waals surface area contributed by atoms with E-state index in [0.717, 1.165) is 31.2 Å². The summed E-state index contributed by atoms with van der Waals surface area (Å²) < 4.78 is 7.62. The first-order valence-corrected chi connectivity index (χ1v) is 6.68. The average Bonchev–Trinajstić information content (AvgIpc) is 2.28. The quantitative estimate of drug-likeness (QED) is 0.742. The summed E-state index contributed by atoms with van der Waals surface area (Å²) in [5.74, 6) is 0.756. The highest BCUT2D eigenvalue weighted by Gasteiger charge is 2.11. The molecule has 0 aliphatic rings. The Balaban J connectivity index is 2.57. The van der Waals surface area contributed by atoms with Crippen LogP contribution in [0.2, 0.25) is 0 Å². The van der Waals surface area contributed by atoms with Gasteiger partial charge in [0.15, 0.2) is 5.75 Å². The van der Waals surface area contributed by atoms with Crippen LogP contribution in [-0.4, -0.2) is 11.6 Å². The smallest absolute Gasteiger partial charge is 0.160 e. The summed E-state index contributed by atoms with van der Waals surface area (Å²) in [4.78, 5) is 4.37. The van der Waals surface area contributed by atoms with E-state index in [2.05, 4.69) is 43.4 Å². The summed E-state index contributed by atoms with van der Waals surface area (Å²) in [5, 5.41) is 1.03. The van der Waals surface area contributed by atoms with Crippen molar-refractivity contribution in [2.45, 2.75) is 6.92 Å². The molecule has 0 aliphatic carbocycles.